The van der Waals surface area contributed by atoms with E-state index in [1.54, 1.807) is 13.8 Å². The Kier molecular flexibility index (Phi) is 2.38. The van der Waals surface area contributed by atoms with Crippen molar-refractivity contribution in [3.8, 4) is 5.75 Å². The number of benzene rings is 1. The van der Waals surface area contributed by atoms with E-state index in [1.165, 1.54) is 12.1 Å². The summed E-state index contributed by atoms with van der Waals surface area (Å²) >= 11 is 0. The highest BCUT2D eigenvalue weighted by Crippen LogP contribution is 2.23. The Hall–Kier alpha value is -1.03. The van der Waals surface area contributed by atoms with Crippen molar-refractivity contribution in [2.45, 2.75) is 18.7 Å². The third-order valence-electron chi connectivity index (χ3n) is 1.69. The van der Waals surface area contributed by atoms with Crippen molar-refractivity contribution >= 4 is 10.7 Å². The highest BCUT2D eigenvalue weighted by atomic mass is 32.2. The molecule has 0 saturated carbocycles. The molecule has 0 bridgehead atoms. The molecule has 0 atom stereocenters. The van der Waals surface area contributed by atoms with Crippen LogP contribution in [0.5, 0.6) is 5.75 Å². The molecule has 0 aliphatic rings. The smallest absolute Gasteiger partial charge is 0.168 e. The van der Waals surface area contributed by atoms with Crippen molar-refractivity contribution in [3.05, 3.63) is 23.3 Å². The molecule has 0 saturated heterocycles. The van der Waals surface area contributed by atoms with Crippen LogP contribution in [0.4, 0.5) is 0 Å². The standard InChI is InChI=1S/C8H10O3S/c1-5-3-7(12(10)11)4-6(2)8(5)9/h3-4,9,12H,1-2H3. The van der Waals surface area contributed by atoms with E-state index in [0.29, 0.717) is 11.1 Å². The van der Waals surface area contributed by atoms with E-state index in [4.69, 9.17) is 0 Å². The molecule has 66 valence electrons. The van der Waals surface area contributed by atoms with E-state index in [1.807, 2.05) is 0 Å². The fourth-order valence-corrected chi connectivity index (χ4v) is 1.64. The van der Waals surface area contributed by atoms with Gasteiger partial charge >= 0.3 is 0 Å². The molecular formula is C8H10O3S. The Morgan fingerprint density at radius 2 is 1.58 bits per heavy atom. The lowest BCUT2D eigenvalue weighted by atomic mass is 10.1. The first-order chi connectivity index (χ1) is 5.52. The van der Waals surface area contributed by atoms with Crippen LogP contribution >= 0.6 is 0 Å². The normalized spacial score (nSPS) is 10.6. The number of aryl methyl sites for hydroxylation is 2. The molecule has 0 amide bonds. The Labute approximate surface area is 72.6 Å². The maximum absolute atomic E-state index is 10.6. The minimum absolute atomic E-state index is 0.163. The van der Waals surface area contributed by atoms with Gasteiger partial charge in [-0.05, 0) is 37.1 Å². The Morgan fingerprint density at radius 1 is 1.17 bits per heavy atom. The van der Waals surface area contributed by atoms with Crippen LogP contribution in [0.2, 0.25) is 0 Å². The molecule has 0 aliphatic carbocycles. The highest BCUT2D eigenvalue weighted by Gasteiger charge is 2.03. The minimum atomic E-state index is -2.55. The average Bonchev–Trinajstić information content (AvgIpc) is 1.99. The fraction of sp³-hybridized carbons (Fsp3) is 0.250. The first-order valence-electron chi connectivity index (χ1n) is 3.47. The molecule has 0 aliphatic heterocycles. The van der Waals surface area contributed by atoms with E-state index in [0.717, 1.165) is 0 Å². The van der Waals surface area contributed by atoms with E-state index in [9.17, 15) is 13.5 Å². The van der Waals surface area contributed by atoms with Gasteiger partial charge in [0.1, 0.15) is 5.75 Å². The van der Waals surface area contributed by atoms with E-state index < -0.39 is 10.7 Å². The van der Waals surface area contributed by atoms with E-state index in [-0.39, 0.29) is 10.6 Å². The number of phenolic OH excluding ortho intramolecular Hbond substituents is 1. The van der Waals surface area contributed by atoms with Crippen LogP contribution < -0.4 is 0 Å². The zero-order chi connectivity index (χ0) is 9.30. The Bertz CT molecular complexity index is 349. The molecule has 0 aromatic heterocycles. The van der Waals surface area contributed by atoms with E-state index >= 15 is 0 Å². The third kappa shape index (κ3) is 1.58. The van der Waals surface area contributed by atoms with Gasteiger partial charge in [-0.15, -0.1) is 0 Å². The summed E-state index contributed by atoms with van der Waals surface area (Å²) in [7, 11) is -2.55. The number of phenols is 1. The molecule has 1 rings (SSSR count). The lowest BCUT2D eigenvalue weighted by molar-refractivity contribution is 0.466. The summed E-state index contributed by atoms with van der Waals surface area (Å²) in [5.74, 6) is 0.163. The van der Waals surface area contributed by atoms with Crippen LogP contribution in [0.3, 0.4) is 0 Å². The summed E-state index contributed by atoms with van der Waals surface area (Å²) < 4.78 is 21.1. The van der Waals surface area contributed by atoms with Gasteiger partial charge in [0.25, 0.3) is 0 Å². The van der Waals surface area contributed by atoms with Crippen LogP contribution in [0.15, 0.2) is 17.0 Å². The molecule has 3 nitrogen and oxygen atoms in total. The van der Waals surface area contributed by atoms with Gasteiger partial charge in [-0.25, -0.2) is 8.42 Å². The van der Waals surface area contributed by atoms with Gasteiger partial charge in [0, 0.05) is 0 Å². The largest absolute Gasteiger partial charge is 0.507 e. The van der Waals surface area contributed by atoms with Crippen molar-refractivity contribution in [3.63, 3.8) is 0 Å². The van der Waals surface area contributed by atoms with Gasteiger partial charge < -0.3 is 5.11 Å². The number of aromatic hydroxyl groups is 1. The molecule has 12 heavy (non-hydrogen) atoms. The van der Waals surface area contributed by atoms with Gasteiger partial charge in [0.15, 0.2) is 10.7 Å². The molecule has 1 N–H and O–H groups in total. The van der Waals surface area contributed by atoms with Gasteiger partial charge in [0.2, 0.25) is 0 Å². The lowest BCUT2D eigenvalue weighted by Crippen LogP contribution is -1.86. The summed E-state index contributed by atoms with van der Waals surface area (Å²) in [5, 5.41) is 9.32. The van der Waals surface area contributed by atoms with Gasteiger partial charge in [-0.3, -0.25) is 0 Å². The lowest BCUT2D eigenvalue weighted by Gasteiger charge is -2.02. The molecule has 0 fully saturated rings. The van der Waals surface area contributed by atoms with Crippen molar-refractivity contribution in [1.29, 1.82) is 0 Å². The van der Waals surface area contributed by atoms with Crippen molar-refractivity contribution in [2.75, 3.05) is 0 Å². The summed E-state index contributed by atoms with van der Waals surface area (Å²) in [6, 6.07) is 2.90. The Morgan fingerprint density at radius 3 is 1.92 bits per heavy atom. The highest BCUT2D eigenvalue weighted by molar-refractivity contribution is 7.72. The molecule has 1 aromatic carbocycles. The van der Waals surface area contributed by atoms with Crippen LogP contribution in [-0.4, -0.2) is 13.5 Å². The number of hydrogen-bond acceptors (Lipinski definition) is 3. The summed E-state index contributed by atoms with van der Waals surface area (Å²) in [4.78, 5) is 0.248. The second-order valence-corrected chi connectivity index (χ2v) is 3.72. The summed E-state index contributed by atoms with van der Waals surface area (Å²) in [5.41, 5.74) is 1.17. The van der Waals surface area contributed by atoms with Gasteiger partial charge in [-0.1, -0.05) is 0 Å². The predicted octanol–water partition coefficient (Wildman–Crippen LogP) is 0.979. The quantitative estimate of drug-likeness (QED) is 0.643. The summed E-state index contributed by atoms with van der Waals surface area (Å²) in [6.45, 7) is 3.34. The van der Waals surface area contributed by atoms with Crippen molar-refractivity contribution in [2.24, 2.45) is 0 Å². The maximum atomic E-state index is 10.6. The first-order valence-corrected chi connectivity index (χ1v) is 4.64. The fourth-order valence-electron chi connectivity index (χ4n) is 1.04. The first kappa shape index (κ1) is 9.06. The zero-order valence-electron chi connectivity index (χ0n) is 6.87. The molecule has 1 aromatic rings. The molecule has 0 spiro atoms. The predicted molar refractivity (Wildman–Crippen MR) is 46.2 cm³/mol. The zero-order valence-corrected chi connectivity index (χ0v) is 7.76. The van der Waals surface area contributed by atoms with Crippen LogP contribution in [0, 0.1) is 13.8 Å². The van der Waals surface area contributed by atoms with Gasteiger partial charge in [0.05, 0.1) is 4.90 Å². The van der Waals surface area contributed by atoms with E-state index in [2.05, 4.69) is 0 Å². The third-order valence-corrected chi connectivity index (χ3v) is 2.37. The molecule has 4 heteroatoms. The van der Waals surface area contributed by atoms with Crippen LogP contribution in [-0.2, 0) is 10.7 Å². The topological polar surface area (TPSA) is 54.4 Å². The number of rotatable bonds is 1. The monoisotopic (exact) mass is 186 g/mol. The van der Waals surface area contributed by atoms with Crippen LogP contribution in [0.25, 0.3) is 0 Å². The Balaban J connectivity index is 3.40. The molecular weight excluding hydrogens is 176 g/mol. The average molecular weight is 186 g/mol. The summed E-state index contributed by atoms with van der Waals surface area (Å²) in [6.07, 6.45) is 0. The second-order valence-electron chi connectivity index (χ2n) is 2.69. The molecule has 0 unspecified atom stereocenters. The number of hydrogen-bond donors (Lipinski definition) is 2. The minimum Gasteiger partial charge on any atom is -0.507 e. The second kappa shape index (κ2) is 3.15. The molecule has 0 heterocycles. The SMILES string of the molecule is Cc1cc([SH](=O)=O)cc(C)c1O. The van der Waals surface area contributed by atoms with Crippen molar-refractivity contribution in [1.82, 2.24) is 0 Å². The molecule has 0 radical (unpaired) electrons. The van der Waals surface area contributed by atoms with Crippen LogP contribution in [0.1, 0.15) is 11.1 Å². The van der Waals surface area contributed by atoms with Crippen molar-refractivity contribution < 1.29 is 13.5 Å². The van der Waals surface area contributed by atoms with Gasteiger partial charge in [-0.2, -0.15) is 0 Å². The maximum Gasteiger partial charge on any atom is 0.168 e. The number of thiol groups is 1.